The predicted octanol–water partition coefficient (Wildman–Crippen LogP) is 13.6. The van der Waals surface area contributed by atoms with E-state index in [0.717, 1.165) is 11.4 Å². The van der Waals surface area contributed by atoms with Gasteiger partial charge in [0.05, 0.1) is 5.69 Å². The van der Waals surface area contributed by atoms with Crippen molar-refractivity contribution in [2.24, 2.45) is 0 Å². The Balaban J connectivity index is 1.24. The zero-order valence-electron chi connectivity index (χ0n) is 27.4. The third-order valence-corrected chi connectivity index (χ3v) is 11.8. The first kappa shape index (κ1) is 29.1. The molecule has 8 aromatic rings. The van der Waals surface area contributed by atoms with Crippen LogP contribution in [-0.2, 0) is 0 Å². The summed E-state index contributed by atoms with van der Waals surface area (Å²) in [4.78, 5) is 3.86. The number of allylic oxidation sites excluding steroid dienone is 3. The van der Waals surface area contributed by atoms with E-state index in [4.69, 9.17) is 0 Å². The molecule has 0 fully saturated rings. The fourth-order valence-electron chi connectivity index (χ4n) is 8.06. The first-order valence-corrected chi connectivity index (χ1v) is 18.2. The molecule has 2 unspecified atom stereocenters. The summed E-state index contributed by atoms with van der Waals surface area (Å²) >= 11 is 2.00. The lowest BCUT2D eigenvalue weighted by Gasteiger charge is -2.30. The molecule has 2 heteroatoms. The van der Waals surface area contributed by atoms with Gasteiger partial charge in [-0.3, -0.25) is 0 Å². The van der Waals surface area contributed by atoms with Crippen molar-refractivity contribution in [2.45, 2.75) is 16.1 Å². The van der Waals surface area contributed by atoms with Gasteiger partial charge in [0.25, 0.3) is 0 Å². The van der Waals surface area contributed by atoms with E-state index in [2.05, 4.69) is 193 Å². The Labute approximate surface area is 296 Å². The Morgan fingerprint density at radius 2 is 0.960 bits per heavy atom. The molecule has 0 saturated heterocycles. The molecule has 1 aliphatic heterocycles. The zero-order valence-corrected chi connectivity index (χ0v) is 28.2. The van der Waals surface area contributed by atoms with E-state index >= 15 is 0 Å². The van der Waals surface area contributed by atoms with E-state index in [9.17, 15) is 0 Å². The molecule has 0 saturated carbocycles. The Bertz CT molecular complexity index is 2580. The fraction of sp³-hybridized carbons (Fsp3) is 0.0417. The van der Waals surface area contributed by atoms with Crippen LogP contribution in [0.2, 0.25) is 0 Å². The molecule has 2 aliphatic rings. The molecule has 0 N–H and O–H groups in total. The average molecular weight is 656 g/mol. The summed E-state index contributed by atoms with van der Waals surface area (Å²) < 4.78 is 0. The Morgan fingerprint density at radius 1 is 0.420 bits per heavy atom. The van der Waals surface area contributed by atoms with Crippen LogP contribution in [0.4, 0.5) is 17.1 Å². The van der Waals surface area contributed by atoms with Gasteiger partial charge in [-0.1, -0.05) is 158 Å². The highest BCUT2D eigenvalue weighted by atomic mass is 32.2. The molecular weight excluding hydrogens is 623 g/mol. The standard InChI is InChI=1S/C48H33NS/c1-3-13-32(14-4-1)33-23-25-35(26-24-33)49(36-27-28-41-39-19-8-7-17-37(39)38-18-9-10-20-40(38)44(41)31-36)45-30-29-43-42-21-11-12-22-46(42)50-48(43)47(45)34-15-5-2-6-16-34/h1-31,42,46H. The Hall–Kier alpha value is -5.83. The lowest BCUT2D eigenvalue weighted by molar-refractivity contribution is 0.881. The van der Waals surface area contributed by atoms with Gasteiger partial charge in [0.15, 0.2) is 0 Å². The van der Waals surface area contributed by atoms with Crippen LogP contribution in [0.3, 0.4) is 0 Å². The Kier molecular flexibility index (Phi) is 6.96. The second-order valence-electron chi connectivity index (χ2n) is 13.2. The average Bonchev–Trinajstić information content (AvgIpc) is 3.58. The summed E-state index contributed by atoms with van der Waals surface area (Å²) in [5, 5.41) is 8.09. The number of benzene rings is 8. The van der Waals surface area contributed by atoms with Crippen LogP contribution in [-0.4, -0.2) is 5.25 Å². The van der Waals surface area contributed by atoms with Crippen molar-refractivity contribution < 1.29 is 0 Å². The predicted molar refractivity (Wildman–Crippen MR) is 215 cm³/mol. The maximum atomic E-state index is 2.48. The van der Waals surface area contributed by atoms with E-state index in [-0.39, 0.29) is 0 Å². The SMILES string of the molecule is C1=CC2Sc3c(ccc(N(c4ccc(-c5ccccc5)cc4)c4ccc5c6ccccc6c6ccccc6c5c4)c3-c3ccccc3)C2C=C1. The number of nitrogens with zero attached hydrogens (tertiary/aromatic N) is 1. The molecule has 0 spiro atoms. The Morgan fingerprint density at radius 3 is 1.64 bits per heavy atom. The van der Waals surface area contributed by atoms with Crippen molar-refractivity contribution in [1.82, 2.24) is 0 Å². The lowest BCUT2D eigenvalue weighted by atomic mass is 9.89. The zero-order chi connectivity index (χ0) is 33.0. The number of hydrogen-bond donors (Lipinski definition) is 0. The van der Waals surface area contributed by atoms with Gasteiger partial charge in [-0.25, -0.2) is 0 Å². The molecule has 0 amide bonds. The second kappa shape index (κ2) is 11.9. The van der Waals surface area contributed by atoms with Crippen LogP contribution in [0, 0.1) is 0 Å². The fourth-order valence-corrected chi connectivity index (χ4v) is 9.57. The maximum absolute atomic E-state index is 2.48. The molecule has 50 heavy (non-hydrogen) atoms. The summed E-state index contributed by atoms with van der Waals surface area (Å²) in [6, 6.07) is 60.2. The maximum Gasteiger partial charge on any atom is 0.0551 e. The second-order valence-corrected chi connectivity index (χ2v) is 14.4. The first-order valence-electron chi connectivity index (χ1n) is 17.3. The van der Waals surface area contributed by atoms with Gasteiger partial charge in [0.1, 0.15) is 0 Å². The summed E-state index contributed by atoms with van der Waals surface area (Å²) in [6.45, 7) is 0. The topological polar surface area (TPSA) is 3.24 Å². The third-order valence-electron chi connectivity index (χ3n) is 10.4. The van der Waals surface area contributed by atoms with Crippen molar-refractivity contribution in [3.63, 3.8) is 0 Å². The lowest BCUT2D eigenvalue weighted by Crippen LogP contribution is -2.12. The normalized spacial score (nSPS) is 16.2. The number of hydrogen-bond acceptors (Lipinski definition) is 2. The summed E-state index contributed by atoms with van der Waals surface area (Å²) in [7, 11) is 0. The van der Waals surface area contributed by atoms with E-state index in [1.165, 1.54) is 70.7 Å². The molecule has 1 aliphatic carbocycles. The summed E-state index contributed by atoms with van der Waals surface area (Å²) in [5.41, 5.74) is 9.83. The molecule has 0 aromatic heterocycles. The molecular formula is C48H33NS. The quantitative estimate of drug-likeness (QED) is 0.170. The molecule has 0 bridgehead atoms. The minimum absolute atomic E-state index is 0.385. The third kappa shape index (κ3) is 4.71. The van der Waals surface area contributed by atoms with Crippen molar-refractivity contribution in [1.29, 1.82) is 0 Å². The van der Waals surface area contributed by atoms with E-state index in [1.807, 2.05) is 11.8 Å². The molecule has 0 radical (unpaired) electrons. The highest BCUT2D eigenvalue weighted by molar-refractivity contribution is 8.00. The van der Waals surface area contributed by atoms with Crippen molar-refractivity contribution >= 4 is 61.1 Å². The monoisotopic (exact) mass is 655 g/mol. The minimum Gasteiger partial charge on any atom is -0.310 e. The summed E-state index contributed by atoms with van der Waals surface area (Å²) in [5.74, 6) is 0.385. The molecule has 2 atom stereocenters. The van der Waals surface area contributed by atoms with Crippen LogP contribution in [0.1, 0.15) is 11.5 Å². The van der Waals surface area contributed by atoms with Crippen molar-refractivity contribution in [2.75, 3.05) is 4.90 Å². The largest absolute Gasteiger partial charge is 0.310 e. The molecule has 8 aromatic carbocycles. The first-order chi connectivity index (χ1) is 24.8. The number of thioether (sulfide) groups is 1. The number of rotatable bonds is 5. The van der Waals surface area contributed by atoms with Gasteiger partial charge in [0.2, 0.25) is 0 Å². The van der Waals surface area contributed by atoms with Crippen LogP contribution in [0.25, 0.3) is 54.6 Å². The van der Waals surface area contributed by atoms with Gasteiger partial charge in [-0.15, -0.1) is 11.8 Å². The highest BCUT2D eigenvalue weighted by Crippen LogP contribution is 2.56. The van der Waals surface area contributed by atoms with Gasteiger partial charge in [0, 0.05) is 33.0 Å². The number of anilines is 3. The smallest absolute Gasteiger partial charge is 0.0551 e. The van der Waals surface area contributed by atoms with E-state index < -0.39 is 0 Å². The van der Waals surface area contributed by atoms with E-state index in [0.29, 0.717) is 11.2 Å². The highest BCUT2D eigenvalue weighted by Gasteiger charge is 2.35. The molecule has 1 nitrogen and oxygen atoms in total. The van der Waals surface area contributed by atoms with Gasteiger partial charge in [-0.05, 0) is 84.9 Å². The van der Waals surface area contributed by atoms with Crippen molar-refractivity contribution in [3.05, 3.63) is 194 Å². The van der Waals surface area contributed by atoms with Crippen LogP contribution < -0.4 is 4.90 Å². The van der Waals surface area contributed by atoms with Crippen molar-refractivity contribution in [3.8, 4) is 22.3 Å². The molecule has 1 heterocycles. The van der Waals surface area contributed by atoms with Gasteiger partial charge < -0.3 is 4.90 Å². The van der Waals surface area contributed by atoms with Gasteiger partial charge in [-0.2, -0.15) is 0 Å². The van der Waals surface area contributed by atoms with Gasteiger partial charge >= 0.3 is 0 Å². The number of fused-ring (bicyclic) bond motifs is 9. The van der Waals surface area contributed by atoms with E-state index in [1.54, 1.807) is 0 Å². The van der Waals surface area contributed by atoms with Crippen LogP contribution >= 0.6 is 11.8 Å². The molecule has 236 valence electrons. The minimum atomic E-state index is 0.385. The van der Waals surface area contributed by atoms with Crippen LogP contribution in [0.15, 0.2) is 193 Å². The molecule has 10 rings (SSSR count). The summed E-state index contributed by atoms with van der Waals surface area (Å²) in [6.07, 6.45) is 9.14. The van der Waals surface area contributed by atoms with Crippen LogP contribution in [0.5, 0.6) is 0 Å².